The van der Waals surface area contributed by atoms with E-state index >= 15 is 0 Å². The predicted octanol–water partition coefficient (Wildman–Crippen LogP) is 3.44. The van der Waals surface area contributed by atoms with E-state index in [-0.39, 0.29) is 11.6 Å². The van der Waals surface area contributed by atoms with E-state index in [1.165, 1.54) is 0 Å². The highest BCUT2D eigenvalue weighted by molar-refractivity contribution is 9.10. The summed E-state index contributed by atoms with van der Waals surface area (Å²) in [5, 5.41) is 13.9. The molecule has 4 aromatic rings. The number of hydrogen-bond donors (Lipinski definition) is 2. The van der Waals surface area contributed by atoms with Gasteiger partial charge in [-0.05, 0) is 24.3 Å². The van der Waals surface area contributed by atoms with E-state index < -0.39 is 5.91 Å². The van der Waals surface area contributed by atoms with Gasteiger partial charge in [0.05, 0.1) is 6.20 Å². The zero-order valence-corrected chi connectivity index (χ0v) is 16.7. The molecule has 0 unspecified atom stereocenters. The van der Waals surface area contributed by atoms with Crippen molar-refractivity contribution >= 4 is 44.9 Å². The number of fused-ring (bicyclic) bond motifs is 1. The fourth-order valence-corrected chi connectivity index (χ4v) is 3.33. The first-order valence-corrected chi connectivity index (χ1v) is 9.45. The minimum atomic E-state index is -0.475. The topological polar surface area (TPSA) is 83.4 Å². The number of nitrogens with one attached hydrogen (secondary N) is 1. The number of anilines is 1. The summed E-state index contributed by atoms with van der Waals surface area (Å²) in [6.45, 7) is 0.325. The average Bonchev–Trinajstić information content (AvgIpc) is 2.95. The summed E-state index contributed by atoms with van der Waals surface area (Å²) in [6, 6.07) is 12.4. The lowest BCUT2D eigenvalue weighted by atomic mass is 10.3. The molecule has 0 aliphatic heterocycles. The molecule has 0 atom stereocenters. The third-order valence-electron chi connectivity index (χ3n) is 4.13. The lowest BCUT2D eigenvalue weighted by molar-refractivity contribution is -0.668. The predicted molar refractivity (Wildman–Crippen MR) is 107 cm³/mol. The molecule has 0 saturated carbocycles. The number of imidazole rings is 1. The van der Waals surface area contributed by atoms with E-state index in [9.17, 15) is 9.90 Å². The molecule has 4 rings (SSSR count). The van der Waals surface area contributed by atoms with Gasteiger partial charge in [0.1, 0.15) is 17.5 Å². The Morgan fingerprint density at radius 1 is 1.25 bits per heavy atom. The summed E-state index contributed by atoms with van der Waals surface area (Å²) in [7, 11) is 0. The van der Waals surface area contributed by atoms with Gasteiger partial charge in [0.15, 0.2) is 0 Å². The standard InChI is InChI=1S/C19H13BrClN5O2/c20-13-6-7-22-15(9-13)24-18(27)17-19(28)26(16-3-1-2-8-25(16)17)11-12-4-5-14(21)23-10-12/h1-10H,11H2,(H-,22,24,27,28)/p+1. The van der Waals surface area contributed by atoms with Gasteiger partial charge in [0, 0.05) is 28.5 Å². The van der Waals surface area contributed by atoms with Crippen LogP contribution in [0.4, 0.5) is 5.82 Å². The van der Waals surface area contributed by atoms with Gasteiger partial charge in [-0.15, -0.1) is 0 Å². The molecular formula is C19H14BrClN5O2+. The molecule has 2 N–H and O–H groups in total. The summed E-state index contributed by atoms with van der Waals surface area (Å²) in [6.07, 6.45) is 4.92. The monoisotopic (exact) mass is 458 g/mol. The Kier molecular flexibility index (Phi) is 4.97. The minimum Gasteiger partial charge on any atom is -0.474 e. The second-order valence-electron chi connectivity index (χ2n) is 5.99. The van der Waals surface area contributed by atoms with Crippen LogP contribution in [0, 0.1) is 0 Å². The first-order chi connectivity index (χ1) is 13.5. The maximum atomic E-state index is 12.9. The number of halogens is 2. The minimum absolute atomic E-state index is 0.110. The second-order valence-corrected chi connectivity index (χ2v) is 7.29. The zero-order valence-electron chi connectivity index (χ0n) is 14.4. The molecular weight excluding hydrogens is 446 g/mol. The second kappa shape index (κ2) is 7.57. The van der Waals surface area contributed by atoms with E-state index in [1.54, 1.807) is 51.8 Å². The first-order valence-electron chi connectivity index (χ1n) is 8.28. The summed E-state index contributed by atoms with van der Waals surface area (Å²) >= 11 is 9.18. The molecule has 0 spiro atoms. The van der Waals surface area contributed by atoms with Crippen LogP contribution in [0.25, 0.3) is 5.65 Å². The van der Waals surface area contributed by atoms with Crippen molar-refractivity contribution in [2.45, 2.75) is 6.54 Å². The van der Waals surface area contributed by atoms with Crippen molar-refractivity contribution in [2.24, 2.45) is 0 Å². The van der Waals surface area contributed by atoms with Gasteiger partial charge >= 0.3 is 11.8 Å². The molecule has 7 nitrogen and oxygen atoms in total. The van der Waals surface area contributed by atoms with Crippen LogP contribution < -0.4 is 9.88 Å². The van der Waals surface area contributed by atoms with Crippen LogP contribution in [0.3, 0.4) is 0 Å². The van der Waals surface area contributed by atoms with Crippen LogP contribution in [-0.2, 0) is 6.54 Å². The highest BCUT2D eigenvalue weighted by Gasteiger charge is 2.31. The smallest absolute Gasteiger partial charge is 0.337 e. The third-order valence-corrected chi connectivity index (χ3v) is 4.85. The molecule has 9 heteroatoms. The van der Waals surface area contributed by atoms with Crippen molar-refractivity contribution in [1.82, 2.24) is 14.4 Å². The summed E-state index contributed by atoms with van der Waals surface area (Å²) in [4.78, 5) is 21.1. The third kappa shape index (κ3) is 3.56. The highest BCUT2D eigenvalue weighted by Crippen LogP contribution is 2.20. The quantitative estimate of drug-likeness (QED) is 0.362. The molecule has 140 valence electrons. The van der Waals surface area contributed by atoms with Gasteiger partial charge in [-0.25, -0.2) is 9.97 Å². The number of amides is 1. The fourth-order valence-electron chi connectivity index (χ4n) is 2.89. The maximum absolute atomic E-state index is 12.9. The Bertz CT molecular complexity index is 1180. The average molecular weight is 460 g/mol. The largest absolute Gasteiger partial charge is 0.474 e. The summed E-state index contributed by atoms with van der Waals surface area (Å²) in [5.41, 5.74) is 1.60. The van der Waals surface area contributed by atoms with Crippen molar-refractivity contribution in [3.63, 3.8) is 0 Å². The molecule has 0 aliphatic carbocycles. The van der Waals surface area contributed by atoms with Gasteiger partial charge in [-0.2, -0.15) is 8.97 Å². The van der Waals surface area contributed by atoms with Crippen molar-refractivity contribution in [3.8, 4) is 5.88 Å². The van der Waals surface area contributed by atoms with Crippen LogP contribution in [0.2, 0.25) is 5.15 Å². The number of carbonyl (C=O) groups is 1. The summed E-state index contributed by atoms with van der Waals surface area (Å²) in [5.74, 6) is -0.260. The highest BCUT2D eigenvalue weighted by atomic mass is 79.9. The Morgan fingerprint density at radius 3 is 2.86 bits per heavy atom. The van der Waals surface area contributed by atoms with Crippen molar-refractivity contribution in [2.75, 3.05) is 5.32 Å². The SMILES string of the molecule is O=C(Nc1cc(Br)ccn1)c1c(O)[n+](Cc2ccc(Cl)nc2)c2ccccn12. The van der Waals surface area contributed by atoms with E-state index in [1.807, 2.05) is 18.2 Å². The fraction of sp³-hybridized carbons (Fsp3) is 0.0526. The molecule has 0 aromatic carbocycles. The lowest BCUT2D eigenvalue weighted by Crippen LogP contribution is -2.33. The Hall–Kier alpha value is -2.97. The van der Waals surface area contributed by atoms with Gasteiger partial charge < -0.3 is 10.4 Å². The lowest BCUT2D eigenvalue weighted by Gasteiger charge is -2.02. The number of pyridine rings is 3. The van der Waals surface area contributed by atoms with E-state index in [4.69, 9.17) is 11.6 Å². The zero-order chi connectivity index (χ0) is 19.7. The van der Waals surface area contributed by atoms with Crippen LogP contribution in [0.1, 0.15) is 16.1 Å². The van der Waals surface area contributed by atoms with E-state index in [2.05, 4.69) is 31.2 Å². The van der Waals surface area contributed by atoms with Gasteiger partial charge in [0.25, 0.3) is 11.3 Å². The maximum Gasteiger partial charge on any atom is 0.337 e. The van der Waals surface area contributed by atoms with Gasteiger partial charge in [0.2, 0.25) is 0 Å². The molecule has 0 radical (unpaired) electrons. The Morgan fingerprint density at radius 2 is 2.11 bits per heavy atom. The van der Waals surface area contributed by atoms with Crippen LogP contribution >= 0.6 is 27.5 Å². The molecule has 0 bridgehead atoms. The van der Waals surface area contributed by atoms with Crippen LogP contribution in [-0.4, -0.2) is 25.4 Å². The van der Waals surface area contributed by atoms with Crippen molar-refractivity contribution in [1.29, 1.82) is 0 Å². The molecule has 1 amide bonds. The van der Waals surface area contributed by atoms with Gasteiger partial charge in [-0.1, -0.05) is 39.7 Å². The van der Waals surface area contributed by atoms with Gasteiger partial charge in [-0.3, -0.25) is 4.79 Å². The first kappa shape index (κ1) is 18.4. The molecule has 28 heavy (non-hydrogen) atoms. The van der Waals surface area contributed by atoms with Crippen LogP contribution in [0.5, 0.6) is 5.88 Å². The van der Waals surface area contributed by atoms with E-state index in [0.717, 1.165) is 10.0 Å². The number of aromatic nitrogens is 4. The molecule has 4 aromatic heterocycles. The molecule has 0 saturated heterocycles. The van der Waals surface area contributed by atoms with Crippen LogP contribution in [0.15, 0.2) is 65.5 Å². The number of carbonyl (C=O) groups excluding carboxylic acids is 1. The normalized spacial score (nSPS) is 10.9. The van der Waals surface area contributed by atoms with Crippen molar-refractivity contribution in [3.05, 3.63) is 81.9 Å². The molecule has 0 aliphatic rings. The number of rotatable bonds is 4. The van der Waals surface area contributed by atoms with Crippen molar-refractivity contribution < 1.29 is 14.5 Å². The van der Waals surface area contributed by atoms with E-state index in [0.29, 0.717) is 23.2 Å². The molecule has 0 fully saturated rings. The number of hydrogen-bond acceptors (Lipinski definition) is 4. The Balaban J connectivity index is 1.75. The number of aromatic hydroxyl groups is 1. The molecule has 4 heterocycles. The summed E-state index contributed by atoms with van der Waals surface area (Å²) < 4.78 is 4.05. The Labute approximate surface area is 173 Å². The number of nitrogens with zero attached hydrogens (tertiary/aromatic N) is 4.